The predicted octanol–water partition coefficient (Wildman–Crippen LogP) is 1.86. The lowest BCUT2D eigenvalue weighted by Crippen LogP contribution is -2.38. The highest BCUT2D eigenvalue weighted by Gasteiger charge is 2.59. The lowest BCUT2D eigenvalue weighted by atomic mass is 9.79. The molecule has 0 radical (unpaired) electrons. The Bertz CT molecular complexity index is 383. The fourth-order valence-corrected chi connectivity index (χ4v) is 3.24. The fourth-order valence-electron chi connectivity index (χ4n) is 3.24. The third-order valence-electron chi connectivity index (χ3n) is 4.20. The molecule has 3 atom stereocenters. The maximum atomic E-state index is 11.9. The molecule has 0 amide bonds. The van der Waals surface area contributed by atoms with Crippen molar-refractivity contribution in [3.05, 3.63) is 25.3 Å². The van der Waals surface area contributed by atoms with Gasteiger partial charge in [-0.2, -0.15) is 0 Å². The van der Waals surface area contributed by atoms with E-state index in [2.05, 4.69) is 17.9 Å². The zero-order valence-electron chi connectivity index (χ0n) is 10.6. The molecule has 0 unspecified atom stereocenters. The van der Waals surface area contributed by atoms with Crippen LogP contribution in [0.25, 0.3) is 0 Å². The molecule has 1 aliphatic heterocycles. The molecule has 0 N–H and O–H groups in total. The molecule has 1 spiro atoms. The summed E-state index contributed by atoms with van der Waals surface area (Å²) < 4.78 is 10.2. The molecule has 2 fully saturated rings. The van der Waals surface area contributed by atoms with Crippen LogP contribution in [-0.4, -0.2) is 24.6 Å². The van der Waals surface area contributed by atoms with Crippen LogP contribution in [0.4, 0.5) is 0 Å². The Kier molecular flexibility index (Phi) is 3.28. The smallest absolute Gasteiger partial charge is 0.321 e. The molecular weight excluding hydrogens is 232 g/mol. The normalized spacial score (nSPS) is 33.2. The van der Waals surface area contributed by atoms with Gasteiger partial charge in [-0.3, -0.25) is 9.59 Å². The minimum atomic E-state index is -0.807. The largest absolute Gasteiger partial charge is 0.468 e. The molecule has 1 aliphatic carbocycles. The van der Waals surface area contributed by atoms with Crippen molar-refractivity contribution in [2.24, 2.45) is 17.8 Å². The molecule has 1 saturated carbocycles. The third kappa shape index (κ3) is 1.67. The second kappa shape index (κ2) is 4.59. The van der Waals surface area contributed by atoms with Crippen LogP contribution in [0.3, 0.4) is 0 Å². The number of methoxy groups -OCH3 is 1. The first-order valence-electron chi connectivity index (χ1n) is 6.15. The quantitative estimate of drug-likeness (QED) is 0.436. The van der Waals surface area contributed by atoms with Crippen molar-refractivity contribution in [3.8, 4) is 0 Å². The number of carbonyl (C=O) groups is 2. The van der Waals surface area contributed by atoms with Gasteiger partial charge in [-0.25, -0.2) is 0 Å². The average Bonchev–Trinajstić information content (AvgIpc) is 2.89. The van der Waals surface area contributed by atoms with E-state index in [9.17, 15) is 9.59 Å². The van der Waals surface area contributed by atoms with Gasteiger partial charge >= 0.3 is 11.9 Å². The molecule has 1 saturated heterocycles. The summed E-state index contributed by atoms with van der Waals surface area (Å²) in [6.45, 7) is 7.61. The SMILES string of the molecule is C=C[C@@H]1CC[C@@H](C=C)C12C[C@@H](C(=O)OC)C(=O)O2. The monoisotopic (exact) mass is 250 g/mol. The van der Waals surface area contributed by atoms with Crippen LogP contribution in [0, 0.1) is 17.8 Å². The van der Waals surface area contributed by atoms with Crippen molar-refractivity contribution in [2.75, 3.05) is 7.11 Å². The van der Waals surface area contributed by atoms with Crippen molar-refractivity contribution < 1.29 is 19.1 Å². The zero-order valence-corrected chi connectivity index (χ0v) is 10.6. The van der Waals surface area contributed by atoms with Crippen molar-refractivity contribution >= 4 is 11.9 Å². The second-order valence-electron chi connectivity index (χ2n) is 4.92. The number of rotatable bonds is 3. The van der Waals surface area contributed by atoms with E-state index in [1.165, 1.54) is 7.11 Å². The van der Waals surface area contributed by atoms with Crippen LogP contribution in [0.2, 0.25) is 0 Å². The highest BCUT2D eigenvalue weighted by molar-refractivity contribution is 5.96. The molecule has 2 rings (SSSR count). The molecule has 18 heavy (non-hydrogen) atoms. The van der Waals surface area contributed by atoms with Crippen LogP contribution < -0.4 is 0 Å². The maximum Gasteiger partial charge on any atom is 0.321 e. The predicted molar refractivity (Wildman–Crippen MR) is 65.6 cm³/mol. The highest BCUT2D eigenvalue weighted by Crippen LogP contribution is 2.52. The van der Waals surface area contributed by atoms with E-state index in [1.807, 2.05) is 12.2 Å². The minimum Gasteiger partial charge on any atom is -0.468 e. The summed E-state index contributed by atoms with van der Waals surface area (Å²) in [6.07, 6.45) is 5.81. The number of esters is 2. The molecular formula is C14H18O4. The van der Waals surface area contributed by atoms with Gasteiger partial charge in [0.15, 0.2) is 5.92 Å². The van der Waals surface area contributed by atoms with Crippen molar-refractivity contribution in [1.29, 1.82) is 0 Å². The zero-order chi connectivity index (χ0) is 13.3. The molecule has 0 aromatic heterocycles. The topological polar surface area (TPSA) is 52.6 Å². The standard InChI is InChI=1S/C14H18O4/c1-4-9-6-7-10(5-2)14(9)8-11(12(15)17-3)13(16)18-14/h4-5,9-11H,1-2,6-8H2,3H3/t9-,10-,11+/m1/s1. The minimum absolute atomic E-state index is 0.0825. The summed E-state index contributed by atoms with van der Waals surface area (Å²) in [4.78, 5) is 23.4. The van der Waals surface area contributed by atoms with E-state index >= 15 is 0 Å². The van der Waals surface area contributed by atoms with Gasteiger partial charge in [0.05, 0.1) is 7.11 Å². The Morgan fingerprint density at radius 2 is 1.94 bits per heavy atom. The van der Waals surface area contributed by atoms with E-state index in [0.717, 1.165) is 12.8 Å². The summed E-state index contributed by atoms with van der Waals surface area (Å²) >= 11 is 0. The van der Waals surface area contributed by atoms with Gasteiger partial charge in [0.2, 0.25) is 0 Å². The van der Waals surface area contributed by atoms with E-state index in [-0.39, 0.29) is 11.8 Å². The first kappa shape index (κ1) is 12.9. The summed E-state index contributed by atoms with van der Waals surface area (Å²) in [5.74, 6) is -1.65. The van der Waals surface area contributed by atoms with Gasteiger partial charge < -0.3 is 9.47 Å². The fraction of sp³-hybridized carbons (Fsp3) is 0.571. The Labute approximate surface area is 107 Å². The van der Waals surface area contributed by atoms with E-state index in [0.29, 0.717) is 6.42 Å². The van der Waals surface area contributed by atoms with Crippen LogP contribution in [0.1, 0.15) is 19.3 Å². The average molecular weight is 250 g/mol. The van der Waals surface area contributed by atoms with Gasteiger partial charge in [-0.1, -0.05) is 12.2 Å². The number of hydrogen-bond acceptors (Lipinski definition) is 4. The molecule has 1 heterocycles. The van der Waals surface area contributed by atoms with E-state index in [4.69, 9.17) is 4.74 Å². The maximum absolute atomic E-state index is 11.9. The van der Waals surface area contributed by atoms with Gasteiger partial charge in [0.25, 0.3) is 0 Å². The van der Waals surface area contributed by atoms with Crippen LogP contribution >= 0.6 is 0 Å². The Hall–Kier alpha value is -1.58. The Morgan fingerprint density at radius 3 is 2.39 bits per heavy atom. The summed E-state index contributed by atoms with van der Waals surface area (Å²) in [6, 6.07) is 0. The van der Waals surface area contributed by atoms with Crippen LogP contribution in [0.15, 0.2) is 25.3 Å². The molecule has 4 nitrogen and oxygen atoms in total. The van der Waals surface area contributed by atoms with Crippen LogP contribution in [0.5, 0.6) is 0 Å². The third-order valence-corrected chi connectivity index (χ3v) is 4.20. The molecule has 0 aromatic carbocycles. The van der Waals surface area contributed by atoms with Crippen molar-refractivity contribution in [3.63, 3.8) is 0 Å². The molecule has 4 heteroatoms. The van der Waals surface area contributed by atoms with Gasteiger partial charge in [0.1, 0.15) is 5.60 Å². The Morgan fingerprint density at radius 1 is 1.39 bits per heavy atom. The highest BCUT2D eigenvalue weighted by atomic mass is 16.6. The molecule has 0 aromatic rings. The first-order chi connectivity index (χ1) is 8.58. The van der Waals surface area contributed by atoms with E-state index in [1.54, 1.807) is 0 Å². The van der Waals surface area contributed by atoms with E-state index < -0.39 is 23.5 Å². The van der Waals surface area contributed by atoms with Gasteiger partial charge in [0, 0.05) is 18.3 Å². The van der Waals surface area contributed by atoms with Gasteiger partial charge in [-0.15, -0.1) is 13.2 Å². The van der Waals surface area contributed by atoms with Crippen molar-refractivity contribution in [1.82, 2.24) is 0 Å². The molecule has 98 valence electrons. The lowest BCUT2D eigenvalue weighted by molar-refractivity contribution is -0.159. The second-order valence-corrected chi connectivity index (χ2v) is 4.92. The summed E-state index contributed by atoms with van der Waals surface area (Å²) in [5.41, 5.74) is -0.639. The van der Waals surface area contributed by atoms with Gasteiger partial charge in [-0.05, 0) is 12.8 Å². The molecule has 0 bridgehead atoms. The first-order valence-corrected chi connectivity index (χ1v) is 6.15. The molecule has 2 aliphatic rings. The summed E-state index contributed by atoms with van der Waals surface area (Å²) in [7, 11) is 1.28. The van der Waals surface area contributed by atoms with Crippen molar-refractivity contribution in [2.45, 2.75) is 24.9 Å². The number of hydrogen-bond donors (Lipinski definition) is 0. The summed E-state index contributed by atoms with van der Waals surface area (Å²) in [5, 5.41) is 0. The Balaban J connectivity index is 2.31. The number of ether oxygens (including phenoxy) is 2. The van der Waals surface area contributed by atoms with Crippen LogP contribution in [-0.2, 0) is 19.1 Å². The lowest BCUT2D eigenvalue weighted by Gasteiger charge is -2.32. The number of carbonyl (C=O) groups excluding carboxylic acids is 2.